The van der Waals surface area contributed by atoms with E-state index in [0.717, 1.165) is 55.7 Å². The van der Waals surface area contributed by atoms with Gasteiger partial charge in [-0.1, -0.05) is 32.0 Å². The summed E-state index contributed by atoms with van der Waals surface area (Å²) in [6, 6.07) is 8.17. The SMILES string of the molecule is CCNC(=NCc1ccccc1OCCN(CC)CC)NCCSC. The van der Waals surface area contributed by atoms with Gasteiger partial charge in [-0.15, -0.1) is 0 Å². The molecule has 142 valence electrons. The Hall–Kier alpha value is -1.40. The van der Waals surface area contributed by atoms with Gasteiger partial charge >= 0.3 is 0 Å². The van der Waals surface area contributed by atoms with Crippen molar-refractivity contribution < 1.29 is 4.74 Å². The van der Waals surface area contributed by atoms with Crippen molar-refractivity contribution in [3.8, 4) is 5.75 Å². The number of aliphatic imine (C=N–C) groups is 1. The normalized spacial score (nSPS) is 11.6. The topological polar surface area (TPSA) is 48.9 Å². The van der Waals surface area contributed by atoms with Gasteiger partial charge in [0.2, 0.25) is 0 Å². The molecule has 0 unspecified atom stereocenters. The molecule has 0 fully saturated rings. The van der Waals surface area contributed by atoms with Crippen LogP contribution in [0.15, 0.2) is 29.3 Å². The van der Waals surface area contributed by atoms with Crippen LogP contribution in [-0.2, 0) is 6.54 Å². The second-order valence-electron chi connectivity index (χ2n) is 5.60. The molecule has 0 heterocycles. The number of thioether (sulfide) groups is 1. The molecule has 25 heavy (non-hydrogen) atoms. The molecule has 0 aliphatic heterocycles. The maximum Gasteiger partial charge on any atom is 0.191 e. The second kappa shape index (κ2) is 13.8. The highest BCUT2D eigenvalue weighted by Gasteiger charge is 2.05. The Morgan fingerprint density at radius 1 is 1.16 bits per heavy atom. The number of hydrogen-bond donors (Lipinski definition) is 2. The maximum absolute atomic E-state index is 6.01. The van der Waals surface area contributed by atoms with Crippen molar-refractivity contribution in [1.29, 1.82) is 0 Å². The molecule has 0 aromatic heterocycles. The number of guanidine groups is 1. The lowest BCUT2D eigenvalue weighted by atomic mass is 10.2. The molecule has 0 amide bonds. The average molecular weight is 367 g/mol. The van der Waals surface area contributed by atoms with Gasteiger partial charge < -0.3 is 20.3 Å². The monoisotopic (exact) mass is 366 g/mol. The van der Waals surface area contributed by atoms with Gasteiger partial charge in [-0.25, -0.2) is 4.99 Å². The second-order valence-corrected chi connectivity index (χ2v) is 6.58. The van der Waals surface area contributed by atoms with Gasteiger partial charge in [-0.05, 0) is 32.3 Å². The molecule has 0 saturated carbocycles. The largest absolute Gasteiger partial charge is 0.492 e. The predicted molar refractivity (Wildman–Crippen MR) is 111 cm³/mol. The minimum absolute atomic E-state index is 0.607. The van der Waals surface area contributed by atoms with Gasteiger partial charge in [0, 0.05) is 31.0 Å². The third-order valence-corrected chi connectivity index (χ3v) is 4.49. The first-order valence-electron chi connectivity index (χ1n) is 9.19. The van der Waals surface area contributed by atoms with Crippen molar-refractivity contribution in [2.75, 3.05) is 51.3 Å². The van der Waals surface area contributed by atoms with Crippen LogP contribution in [0.2, 0.25) is 0 Å². The van der Waals surface area contributed by atoms with E-state index in [4.69, 9.17) is 4.74 Å². The zero-order valence-electron chi connectivity index (χ0n) is 16.2. The number of ether oxygens (including phenoxy) is 1. The van der Waals surface area contributed by atoms with Crippen LogP contribution >= 0.6 is 11.8 Å². The van der Waals surface area contributed by atoms with Crippen LogP contribution in [0.3, 0.4) is 0 Å². The van der Waals surface area contributed by atoms with E-state index in [1.807, 2.05) is 30.0 Å². The quantitative estimate of drug-likeness (QED) is 0.338. The number of nitrogens with zero attached hydrogens (tertiary/aromatic N) is 2. The molecule has 0 bridgehead atoms. The van der Waals surface area contributed by atoms with Crippen LogP contribution in [0.5, 0.6) is 5.75 Å². The standard InChI is InChI=1S/C19H34N4OS/c1-5-20-19(21-12-15-25-4)22-16-17-10-8-9-11-18(17)24-14-13-23(6-2)7-3/h8-11H,5-7,12-16H2,1-4H3,(H2,20,21,22). The van der Waals surface area contributed by atoms with E-state index in [9.17, 15) is 0 Å². The van der Waals surface area contributed by atoms with Crippen molar-refractivity contribution in [3.05, 3.63) is 29.8 Å². The molecule has 1 aromatic rings. The van der Waals surface area contributed by atoms with E-state index < -0.39 is 0 Å². The summed E-state index contributed by atoms with van der Waals surface area (Å²) in [7, 11) is 0. The summed E-state index contributed by atoms with van der Waals surface area (Å²) >= 11 is 1.82. The van der Waals surface area contributed by atoms with Crippen LogP contribution in [0.4, 0.5) is 0 Å². The Labute approximate surface area is 157 Å². The molecular formula is C19H34N4OS. The highest BCUT2D eigenvalue weighted by molar-refractivity contribution is 7.98. The van der Waals surface area contributed by atoms with Crippen LogP contribution in [0.1, 0.15) is 26.3 Å². The molecule has 6 heteroatoms. The van der Waals surface area contributed by atoms with Gasteiger partial charge in [0.25, 0.3) is 0 Å². The minimum atomic E-state index is 0.607. The van der Waals surface area contributed by atoms with Crippen molar-refractivity contribution >= 4 is 17.7 Å². The van der Waals surface area contributed by atoms with Crippen LogP contribution in [0, 0.1) is 0 Å². The summed E-state index contributed by atoms with van der Waals surface area (Å²) in [6.45, 7) is 12.6. The average Bonchev–Trinajstić information content (AvgIpc) is 2.64. The van der Waals surface area contributed by atoms with Crippen molar-refractivity contribution in [2.24, 2.45) is 4.99 Å². The molecule has 0 atom stereocenters. The van der Waals surface area contributed by atoms with Gasteiger partial charge in [0.1, 0.15) is 12.4 Å². The Morgan fingerprint density at radius 3 is 2.60 bits per heavy atom. The smallest absolute Gasteiger partial charge is 0.191 e. The summed E-state index contributed by atoms with van der Waals surface area (Å²) in [5, 5.41) is 6.64. The van der Waals surface area contributed by atoms with E-state index in [0.29, 0.717) is 13.2 Å². The summed E-state index contributed by atoms with van der Waals surface area (Å²) < 4.78 is 6.01. The van der Waals surface area contributed by atoms with Crippen molar-refractivity contribution in [2.45, 2.75) is 27.3 Å². The summed E-state index contributed by atoms with van der Waals surface area (Å²) in [5.74, 6) is 2.85. The molecule has 5 nitrogen and oxygen atoms in total. The first-order valence-corrected chi connectivity index (χ1v) is 10.6. The lowest BCUT2D eigenvalue weighted by Gasteiger charge is -2.18. The Balaban J connectivity index is 2.62. The van der Waals surface area contributed by atoms with Crippen molar-refractivity contribution in [1.82, 2.24) is 15.5 Å². The summed E-state index contributed by atoms with van der Waals surface area (Å²) in [6.07, 6.45) is 2.11. The third-order valence-electron chi connectivity index (χ3n) is 3.88. The zero-order chi connectivity index (χ0) is 18.3. The van der Waals surface area contributed by atoms with E-state index in [1.54, 1.807) is 0 Å². The first kappa shape index (κ1) is 21.6. The van der Waals surface area contributed by atoms with Crippen molar-refractivity contribution in [3.63, 3.8) is 0 Å². The minimum Gasteiger partial charge on any atom is -0.492 e. The number of benzene rings is 1. The number of para-hydroxylation sites is 1. The van der Waals surface area contributed by atoms with Gasteiger partial charge in [0.05, 0.1) is 6.54 Å². The fourth-order valence-electron chi connectivity index (χ4n) is 2.38. The number of hydrogen-bond acceptors (Lipinski definition) is 4. The number of likely N-dealkylation sites (N-methyl/N-ethyl adjacent to an activating group) is 1. The van der Waals surface area contributed by atoms with Gasteiger partial charge in [-0.2, -0.15) is 11.8 Å². The summed E-state index contributed by atoms with van der Waals surface area (Å²) in [4.78, 5) is 7.05. The van der Waals surface area contributed by atoms with Crippen LogP contribution in [-0.4, -0.2) is 62.2 Å². The highest BCUT2D eigenvalue weighted by Crippen LogP contribution is 2.18. The van der Waals surface area contributed by atoms with Gasteiger partial charge in [-0.3, -0.25) is 0 Å². The third kappa shape index (κ3) is 9.02. The molecule has 1 aromatic carbocycles. The van der Waals surface area contributed by atoms with Gasteiger partial charge in [0.15, 0.2) is 5.96 Å². The zero-order valence-corrected chi connectivity index (χ0v) is 17.0. The lowest BCUT2D eigenvalue weighted by Crippen LogP contribution is -2.38. The molecule has 0 aliphatic carbocycles. The predicted octanol–water partition coefficient (Wildman–Crippen LogP) is 2.83. The molecule has 0 aliphatic rings. The molecule has 1 rings (SSSR count). The molecule has 0 saturated heterocycles. The molecule has 0 radical (unpaired) electrons. The Kier molecular flexibility index (Phi) is 12.0. The van der Waals surface area contributed by atoms with E-state index in [-0.39, 0.29) is 0 Å². The van der Waals surface area contributed by atoms with E-state index >= 15 is 0 Å². The van der Waals surface area contributed by atoms with E-state index in [1.165, 1.54) is 0 Å². The Morgan fingerprint density at radius 2 is 1.92 bits per heavy atom. The van der Waals surface area contributed by atoms with Crippen LogP contribution in [0.25, 0.3) is 0 Å². The number of nitrogens with one attached hydrogen (secondary N) is 2. The first-order chi connectivity index (χ1) is 12.2. The molecule has 2 N–H and O–H groups in total. The maximum atomic E-state index is 6.01. The lowest BCUT2D eigenvalue weighted by molar-refractivity contribution is 0.221. The fourth-order valence-corrected chi connectivity index (χ4v) is 2.68. The van der Waals surface area contributed by atoms with E-state index in [2.05, 4.69) is 53.6 Å². The fraction of sp³-hybridized carbons (Fsp3) is 0.632. The van der Waals surface area contributed by atoms with Crippen LogP contribution < -0.4 is 15.4 Å². The molecule has 0 spiro atoms. The highest BCUT2D eigenvalue weighted by atomic mass is 32.2. The molecular weight excluding hydrogens is 332 g/mol. The number of rotatable bonds is 12. The Bertz CT molecular complexity index is 492. The summed E-state index contributed by atoms with van der Waals surface area (Å²) in [5.41, 5.74) is 1.11.